The van der Waals surface area contributed by atoms with Gasteiger partial charge >= 0.3 is 0 Å². The van der Waals surface area contributed by atoms with Crippen molar-refractivity contribution in [3.05, 3.63) is 64.7 Å². The molecule has 0 bridgehead atoms. The normalized spacial score (nSPS) is 19.1. The van der Waals surface area contributed by atoms with Crippen molar-refractivity contribution in [2.75, 3.05) is 18.8 Å². The van der Waals surface area contributed by atoms with Gasteiger partial charge in [0.25, 0.3) is 0 Å². The third-order valence-electron chi connectivity index (χ3n) is 4.43. The lowest BCUT2D eigenvalue weighted by Crippen LogP contribution is -2.33. The quantitative estimate of drug-likeness (QED) is 0.702. The van der Waals surface area contributed by atoms with E-state index in [1.807, 2.05) is 24.3 Å². The maximum atomic E-state index is 13.0. The second-order valence-corrected chi connectivity index (χ2v) is 9.81. The standard InChI is InChI=1S/C19H20ClNO3S2/c1-14(22)15-5-4-6-16(13-15)26(23,24)21-10-9-19(25-12-11-21)17-7-2-3-8-18(17)20/h2-8,13,19H,9-12H2,1H3. The summed E-state index contributed by atoms with van der Waals surface area (Å²) in [5, 5.41) is 0.892. The van der Waals surface area contributed by atoms with E-state index in [1.54, 1.807) is 30.0 Å². The number of benzene rings is 2. The Kier molecular flexibility index (Phi) is 6.07. The third-order valence-corrected chi connectivity index (χ3v) is 7.98. The lowest BCUT2D eigenvalue weighted by atomic mass is 10.1. The van der Waals surface area contributed by atoms with E-state index in [4.69, 9.17) is 11.6 Å². The molecule has 2 aromatic carbocycles. The van der Waals surface area contributed by atoms with E-state index >= 15 is 0 Å². The number of hydrogen-bond acceptors (Lipinski definition) is 4. The van der Waals surface area contributed by atoms with Crippen LogP contribution in [0.2, 0.25) is 5.02 Å². The molecular weight excluding hydrogens is 390 g/mol. The Labute approximate surface area is 163 Å². The summed E-state index contributed by atoms with van der Waals surface area (Å²) in [7, 11) is -3.62. The van der Waals surface area contributed by atoms with Gasteiger partial charge in [-0.2, -0.15) is 16.1 Å². The first-order valence-electron chi connectivity index (χ1n) is 8.37. The molecule has 0 saturated carbocycles. The second-order valence-electron chi connectivity index (χ2n) is 6.16. The van der Waals surface area contributed by atoms with Crippen molar-refractivity contribution in [3.8, 4) is 0 Å². The van der Waals surface area contributed by atoms with Gasteiger partial charge < -0.3 is 0 Å². The van der Waals surface area contributed by atoms with Crippen molar-refractivity contribution in [3.63, 3.8) is 0 Å². The van der Waals surface area contributed by atoms with Crippen molar-refractivity contribution < 1.29 is 13.2 Å². The molecule has 0 radical (unpaired) electrons. The number of rotatable bonds is 4. The van der Waals surface area contributed by atoms with Crippen molar-refractivity contribution in [1.82, 2.24) is 4.31 Å². The summed E-state index contributed by atoms with van der Waals surface area (Å²) in [6, 6.07) is 14.0. The molecule has 138 valence electrons. The van der Waals surface area contributed by atoms with Crippen LogP contribution < -0.4 is 0 Å². The molecule has 26 heavy (non-hydrogen) atoms. The Morgan fingerprint density at radius 3 is 2.65 bits per heavy atom. The summed E-state index contributed by atoms with van der Waals surface area (Å²) in [6.45, 7) is 2.30. The smallest absolute Gasteiger partial charge is 0.243 e. The SMILES string of the molecule is CC(=O)c1cccc(S(=O)(=O)N2CCSC(c3ccccc3Cl)CC2)c1. The molecule has 0 N–H and O–H groups in total. The second kappa shape index (κ2) is 8.13. The maximum Gasteiger partial charge on any atom is 0.243 e. The Bertz CT molecular complexity index is 915. The molecule has 1 atom stereocenters. The van der Waals surface area contributed by atoms with Crippen LogP contribution in [0.5, 0.6) is 0 Å². The van der Waals surface area contributed by atoms with Gasteiger partial charge in [-0.05, 0) is 37.1 Å². The van der Waals surface area contributed by atoms with Crippen LogP contribution in [0.1, 0.15) is 34.5 Å². The number of nitrogens with zero attached hydrogens (tertiary/aromatic N) is 1. The predicted molar refractivity (Wildman–Crippen MR) is 106 cm³/mol. The van der Waals surface area contributed by atoms with Crippen LogP contribution in [0, 0.1) is 0 Å². The van der Waals surface area contributed by atoms with Crippen LogP contribution in [0.3, 0.4) is 0 Å². The highest BCUT2D eigenvalue weighted by atomic mass is 35.5. The van der Waals surface area contributed by atoms with Crippen molar-refractivity contribution in [2.45, 2.75) is 23.5 Å². The van der Waals surface area contributed by atoms with Crippen LogP contribution >= 0.6 is 23.4 Å². The molecule has 3 rings (SSSR count). The molecule has 0 aliphatic carbocycles. The van der Waals surface area contributed by atoms with E-state index in [0.717, 1.165) is 10.6 Å². The van der Waals surface area contributed by atoms with Crippen LogP contribution in [0.25, 0.3) is 0 Å². The average Bonchev–Trinajstić information content (AvgIpc) is 2.89. The minimum atomic E-state index is -3.62. The van der Waals surface area contributed by atoms with Crippen molar-refractivity contribution in [1.29, 1.82) is 0 Å². The lowest BCUT2D eigenvalue weighted by molar-refractivity contribution is 0.101. The van der Waals surface area contributed by atoms with Crippen LogP contribution in [0.15, 0.2) is 53.4 Å². The van der Waals surface area contributed by atoms with E-state index < -0.39 is 10.0 Å². The number of sulfonamides is 1. The molecule has 1 heterocycles. The molecule has 0 aromatic heterocycles. The molecule has 4 nitrogen and oxygen atoms in total. The molecule has 1 unspecified atom stereocenters. The summed E-state index contributed by atoms with van der Waals surface area (Å²) in [5.74, 6) is 0.550. The fraction of sp³-hybridized carbons (Fsp3) is 0.316. The largest absolute Gasteiger partial charge is 0.295 e. The minimum Gasteiger partial charge on any atom is -0.295 e. The highest BCUT2D eigenvalue weighted by Crippen LogP contribution is 2.38. The number of carbonyl (C=O) groups excluding carboxylic acids is 1. The van der Waals surface area contributed by atoms with Crippen molar-refractivity contribution >= 4 is 39.2 Å². The van der Waals surface area contributed by atoms with Crippen LogP contribution in [-0.4, -0.2) is 37.3 Å². The Morgan fingerprint density at radius 1 is 1.15 bits per heavy atom. The van der Waals surface area contributed by atoms with Crippen LogP contribution in [-0.2, 0) is 10.0 Å². The summed E-state index contributed by atoms with van der Waals surface area (Å²) in [4.78, 5) is 11.7. The summed E-state index contributed by atoms with van der Waals surface area (Å²) < 4.78 is 27.5. The van der Waals surface area contributed by atoms with Gasteiger partial charge in [0.05, 0.1) is 4.90 Å². The molecule has 2 aromatic rings. The molecule has 1 aliphatic rings. The zero-order valence-electron chi connectivity index (χ0n) is 14.4. The van der Waals surface area contributed by atoms with Gasteiger partial charge in [-0.25, -0.2) is 8.42 Å². The monoisotopic (exact) mass is 409 g/mol. The fourth-order valence-corrected chi connectivity index (χ4v) is 6.22. The van der Waals surface area contributed by atoms with Gasteiger partial charge in [0.15, 0.2) is 5.78 Å². The average molecular weight is 410 g/mol. The van der Waals surface area contributed by atoms with Crippen LogP contribution in [0.4, 0.5) is 0 Å². The van der Waals surface area contributed by atoms with Gasteiger partial charge in [-0.3, -0.25) is 4.79 Å². The first-order valence-corrected chi connectivity index (χ1v) is 11.2. The molecule has 1 aliphatic heterocycles. The van der Waals surface area contributed by atoms with E-state index in [2.05, 4.69) is 0 Å². The maximum absolute atomic E-state index is 13.0. The van der Waals surface area contributed by atoms with Gasteiger partial charge in [-0.15, -0.1) is 0 Å². The molecule has 7 heteroatoms. The topological polar surface area (TPSA) is 54.5 Å². The van der Waals surface area contributed by atoms with E-state index in [9.17, 15) is 13.2 Å². The number of hydrogen-bond donors (Lipinski definition) is 0. The van der Waals surface area contributed by atoms with E-state index in [1.165, 1.54) is 17.3 Å². The molecule has 1 saturated heterocycles. The zero-order chi connectivity index (χ0) is 18.7. The first-order chi connectivity index (χ1) is 12.4. The Balaban J connectivity index is 1.81. The Morgan fingerprint density at radius 2 is 1.92 bits per heavy atom. The first kappa shape index (κ1) is 19.4. The van der Waals surface area contributed by atoms with Gasteiger partial charge in [0, 0.05) is 34.7 Å². The summed E-state index contributed by atoms with van der Waals surface area (Å²) in [5.41, 5.74) is 1.46. The summed E-state index contributed by atoms with van der Waals surface area (Å²) >= 11 is 8.03. The molecule has 0 amide bonds. The zero-order valence-corrected chi connectivity index (χ0v) is 16.8. The molecule has 1 fully saturated rings. The number of halogens is 1. The fourth-order valence-electron chi connectivity index (χ4n) is 3.00. The van der Waals surface area contributed by atoms with Crippen molar-refractivity contribution in [2.24, 2.45) is 0 Å². The minimum absolute atomic E-state index is 0.146. The van der Waals surface area contributed by atoms with E-state index in [0.29, 0.717) is 30.8 Å². The van der Waals surface area contributed by atoms with Gasteiger partial charge in [0.2, 0.25) is 10.0 Å². The molecule has 0 spiro atoms. The highest BCUT2D eigenvalue weighted by Gasteiger charge is 2.29. The number of thioether (sulfide) groups is 1. The number of ketones is 1. The third kappa shape index (κ3) is 4.14. The summed E-state index contributed by atoms with van der Waals surface area (Å²) in [6.07, 6.45) is 0.694. The Hall–Kier alpha value is -1.34. The molecular formula is C19H20ClNO3S2. The van der Waals surface area contributed by atoms with Gasteiger partial charge in [0.1, 0.15) is 0 Å². The predicted octanol–water partition coefficient (Wildman–Crippen LogP) is 4.41. The number of Topliss-reactive ketones (excluding diaryl/α,β-unsaturated/α-hetero) is 1. The highest BCUT2D eigenvalue weighted by molar-refractivity contribution is 7.99. The lowest BCUT2D eigenvalue weighted by Gasteiger charge is -2.20. The van der Waals surface area contributed by atoms with E-state index in [-0.39, 0.29) is 15.9 Å². The van der Waals surface area contributed by atoms with Gasteiger partial charge in [-0.1, -0.05) is 41.9 Å². The number of carbonyl (C=O) groups is 1.